The Hall–Kier alpha value is -2.36. The minimum atomic E-state index is -4.78. The van der Waals surface area contributed by atoms with E-state index >= 15 is 0 Å². The number of nitrogens with one attached hydrogen (secondary N) is 1. The molecule has 1 aliphatic heterocycles. The van der Waals surface area contributed by atoms with Crippen LogP contribution in [-0.4, -0.2) is 34.1 Å². The predicted molar refractivity (Wildman–Crippen MR) is 107 cm³/mol. The van der Waals surface area contributed by atoms with Gasteiger partial charge in [-0.3, -0.25) is 15.0 Å². The lowest BCUT2D eigenvalue weighted by Crippen LogP contribution is -2.35. The molecule has 1 saturated heterocycles. The highest BCUT2D eigenvalue weighted by Gasteiger charge is 2.36. The quantitative estimate of drug-likeness (QED) is 0.493. The first-order valence-electron chi connectivity index (χ1n) is 9.41. The molecule has 0 aromatic heterocycles. The van der Waals surface area contributed by atoms with Gasteiger partial charge in [0.15, 0.2) is 0 Å². The lowest BCUT2D eigenvalue weighted by molar-refractivity contribution is -0.384. The van der Waals surface area contributed by atoms with Crippen LogP contribution in [0, 0.1) is 10.1 Å². The van der Waals surface area contributed by atoms with Crippen molar-refractivity contribution in [1.29, 1.82) is 0 Å². The zero-order valence-corrected chi connectivity index (χ0v) is 16.7. The second-order valence-electron chi connectivity index (χ2n) is 7.23. The first-order valence-corrected chi connectivity index (χ1v) is 9.79. The highest BCUT2D eigenvalue weighted by atomic mass is 35.5. The van der Waals surface area contributed by atoms with Gasteiger partial charge in [-0.2, -0.15) is 13.2 Å². The van der Waals surface area contributed by atoms with Crippen LogP contribution in [0.4, 0.5) is 24.5 Å². The first-order chi connectivity index (χ1) is 14.1. The van der Waals surface area contributed by atoms with Gasteiger partial charge in [0, 0.05) is 32.2 Å². The summed E-state index contributed by atoms with van der Waals surface area (Å²) in [6.45, 7) is 2.38. The van der Waals surface area contributed by atoms with Gasteiger partial charge in [-0.05, 0) is 30.0 Å². The summed E-state index contributed by atoms with van der Waals surface area (Å²) < 4.78 is 39.1. The minimum Gasteiger partial charge on any atom is -0.393 e. The highest BCUT2D eigenvalue weighted by Crippen LogP contribution is 2.40. The number of nitro groups is 1. The van der Waals surface area contributed by atoms with Crippen LogP contribution in [0.3, 0.4) is 0 Å². The van der Waals surface area contributed by atoms with Crippen molar-refractivity contribution in [2.24, 2.45) is 0 Å². The van der Waals surface area contributed by atoms with Gasteiger partial charge in [0.2, 0.25) is 0 Å². The van der Waals surface area contributed by atoms with E-state index < -0.39 is 27.4 Å². The Morgan fingerprint density at radius 3 is 2.43 bits per heavy atom. The van der Waals surface area contributed by atoms with Gasteiger partial charge in [-0.25, -0.2) is 0 Å². The molecule has 2 N–H and O–H groups in total. The standard InChI is InChI=1S/C20H21ClF3N3O3/c21-17-10-18(19(27(29)30)9-16(17)20(22,23)24)25-11-13-3-1-2-4-14(13)12-26-7-5-15(28)6-8-26/h1-4,9-10,15,25,28H,5-8,11-12H2. The number of anilines is 1. The summed E-state index contributed by atoms with van der Waals surface area (Å²) in [7, 11) is 0. The summed E-state index contributed by atoms with van der Waals surface area (Å²) >= 11 is 5.73. The summed E-state index contributed by atoms with van der Waals surface area (Å²) in [6, 6.07) is 8.91. The van der Waals surface area contributed by atoms with Gasteiger partial charge in [0.1, 0.15) is 5.69 Å². The molecular weight excluding hydrogens is 423 g/mol. The second kappa shape index (κ2) is 9.20. The van der Waals surface area contributed by atoms with Gasteiger partial charge >= 0.3 is 6.18 Å². The number of nitro benzene ring substituents is 1. The number of benzene rings is 2. The second-order valence-corrected chi connectivity index (χ2v) is 7.64. The number of likely N-dealkylation sites (tertiary alicyclic amines) is 1. The van der Waals surface area contributed by atoms with E-state index in [4.69, 9.17) is 11.6 Å². The molecule has 0 spiro atoms. The molecule has 0 amide bonds. The molecule has 0 aliphatic carbocycles. The molecule has 162 valence electrons. The lowest BCUT2D eigenvalue weighted by Gasteiger charge is -2.30. The molecule has 1 fully saturated rings. The zero-order valence-electron chi connectivity index (χ0n) is 16.0. The summed E-state index contributed by atoms with van der Waals surface area (Å²) in [5, 5.41) is 23.2. The fourth-order valence-corrected chi connectivity index (χ4v) is 3.74. The molecule has 2 aromatic carbocycles. The molecule has 2 aromatic rings. The molecule has 10 heteroatoms. The van der Waals surface area contributed by atoms with Crippen molar-refractivity contribution in [2.45, 2.75) is 38.2 Å². The molecule has 1 aliphatic rings. The molecule has 0 radical (unpaired) electrons. The SMILES string of the molecule is O=[N+]([O-])c1cc(C(F)(F)F)c(Cl)cc1NCc1ccccc1CN1CCC(O)CC1. The number of aliphatic hydroxyl groups is 1. The van der Waals surface area contributed by atoms with Gasteiger partial charge in [-0.1, -0.05) is 35.9 Å². The van der Waals surface area contributed by atoms with Gasteiger partial charge in [0.25, 0.3) is 5.69 Å². The summed E-state index contributed by atoms with van der Waals surface area (Å²) in [5.74, 6) is 0. The molecule has 3 rings (SSSR count). The van der Waals surface area contributed by atoms with Crippen LogP contribution in [0.5, 0.6) is 0 Å². The predicted octanol–water partition coefficient (Wildman–Crippen LogP) is 4.84. The average Bonchev–Trinajstić information content (AvgIpc) is 2.68. The van der Waals surface area contributed by atoms with Crippen LogP contribution in [0.1, 0.15) is 29.5 Å². The van der Waals surface area contributed by atoms with Crippen LogP contribution in [-0.2, 0) is 19.3 Å². The molecule has 6 nitrogen and oxygen atoms in total. The maximum atomic E-state index is 13.0. The fraction of sp³-hybridized carbons (Fsp3) is 0.400. The van der Waals surface area contributed by atoms with Crippen molar-refractivity contribution in [3.05, 3.63) is 68.2 Å². The molecule has 0 unspecified atom stereocenters. The summed E-state index contributed by atoms with van der Waals surface area (Å²) in [6.07, 6.45) is -3.65. The van der Waals surface area contributed by atoms with Crippen molar-refractivity contribution >= 4 is 23.0 Å². The van der Waals surface area contributed by atoms with Crippen LogP contribution in [0.2, 0.25) is 5.02 Å². The zero-order chi connectivity index (χ0) is 21.9. The summed E-state index contributed by atoms with van der Waals surface area (Å²) in [4.78, 5) is 12.7. The average molecular weight is 444 g/mol. The topological polar surface area (TPSA) is 78.6 Å². The van der Waals surface area contributed by atoms with Crippen LogP contribution < -0.4 is 5.32 Å². The number of rotatable bonds is 6. The van der Waals surface area contributed by atoms with Crippen molar-refractivity contribution in [3.8, 4) is 0 Å². The minimum absolute atomic E-state index is 0.0751. The van der Waals surface area contributed by atoms with Crippen molar-refractivity contribution in [3.63, 3.8) is 0 Å². The van der Waals surface area contributed by atoms with Gasteiger partial charge in [0.05, 0.1) is 21.6 Å². The monoisotopic (exact) mass is 443 g/mol. The Morgan fingerprint density at radius 1 is 1.20 bits per heavy atom. The number of nitrogens with zero attached hydrogens (tertiary/aromatic N) is 2. The molecular formula is C20H21ClF3N3O3. The first kappa shape index (κ1) is 22.3. The van der Waals surface area contributed by atoms with Crippen LogP contribution in [0.15, 0.2) is 36.4 Å². The molecule has 0 saturated carbocycles. The number of halogens is 4. The normalized spacial score (nSPS) is 15.9. The molecule has 0 atom stereocenters. The van der Waals surface area contributed by atoms with E-state index in [0.717, 1.165) is 30.3 Å². The van der Waals surface area contributed by atoms with E-state index in [9.17, 15) is 28.4 Å². The Morgan fingerprint density at radius 2 is 1.83 bits per heavy atom. The van der Waals surface area contributed by atoms with E-state index in [-0.39, 0.29) is 18.3 Å². The van der Waals surface area contributed by atoms with E-state index in [2.05, 4.69) is 10.2 Å². The van der Waals surface area contributed by atoms with E-state index in [1.54, 1.807) is 0 Å². The number of alkyl halides is 3. The third kappa shape index (κ3) is 5.41. The van der Waals surface area contributed by atoms with Crippen LogP contribution >= 0.6 is 11.6 Å². The maximum absolute atomic E-state index is 13.0. The number of aliphatic hydroxyl groups excluding tert-OH is 1. The van der Waals surface area contributed by atoms with E-state index in [0.29, 0.717) is 25.5 Å². The fourth-order valence-electron chi connectivity index (χ4n) is 3.46. The highest BCUT2D eigenvalue weighted by molar-refractivity contribution is 6.31. The third-order valence-corrected chi connectivity index (χ3v) is 5.44. The third-order valence-electron chi connectivity index (χ3n) is 5.13. The maximum Gasteiger partial charge on any atom is 0.418 e. The molecule has 1 heterocycles. The largest absolute Gasteiger partial charge is 0.418 e. The Kier molecular flexibility index (Phi) is 6.84. The van der Waals surface area contributed by atoms with Gasteiger partial charge in [-0.15, -0.1) is 0 Å². The van der Waals surface area contributed by atoms with E-state index in [1.807, 2.05) is 24.3 Å². The van der Waals surface area contributed by atoms with Crippen molar-refractivity contribution in [1.82, 2.24) is 4.90 Å². The van der Waals surface area contributed by atoms with Crippen LogP contribution in [0.25, 0.3) is 0 Å². The van der Waals surface area contributed by atoms with Gasteiger partial charge < -0.3 is 10.4 Å². The van der Waals surface area contributed by atoms with E-state index in [1.165, 1.54) is 0 Å². The Labute approximate surface area is 176 Å². The molecule has 0 bridgehead atoms. The number of piperidine rings is 1. The smallest absolute Gasteiger partial charge is 0.393 e. The number of hydrogen-bond acceptors (Lipinski definition) is 5. The number of hydrogen-bond donors (Lipinski definition) is 2. The molecule has 30 heavy (non-hydrogen) atoms. The van der Waals surface area contributed by atoms with Crippen molar-refractivity contribution < 1.29 is 23.2 Å². The summed E-state index contributed by atoms with van der Waals surface area (Å²) in [5.41, 5.74) is -0.131. The Balaban J connectivity index is 1.79. The van der Waals surface area contributed by atoms with Crippen molar-refractivity contribution in [2.75, 3.05) is 18.4 Å². The Bertz CT molecular complexity index is 916. The lowest BCUT2D eigenvalue weighted by atomic mass is 10.0.